The van der Waals surface area contributed by atoms with Crippen LogP contribution in [0.1, 0.15) is 51.3 Å². The maximum atomic E-state index is 9.03. The van der Waals surface area contributed by atoms with Crippen LogP contribution in [-0.4, -0.2) is 22.7 Å². The molecular formula is C14H24N2O. The topological polar surface area (TPSA) is 45.1 Å². The largest absolute Gasteiger partial charge is 0.396 e. The first kappa shape index (κ1) is 14.1. The van der Waals surface area contributed by atoms with Gasteiger partial charge in [0.1, 0.15) is 0 Å². The number of aliphatic hydroxyl groups is 1. The van der Waals surface area contributed by atoms with Crippen molar-refractivity contribution in [1.82, 2.24) is 10.3 Å². The van der Waals surface area contributed by atoms with E-state index in [1.165, 1.54) is 0 Å². The molecule has 0 spiro atoms. The van der Waals surface area contributed by atoms with Crippen LogP contribution in [0, 0.1) is 0 Å². The monoisotopic (exact) mass is 236 g/mol. The molecule has 0 aliphatic heterocycles. The first-order valence-corrected chi connectivity index (χ1v) is 6.59. The quantitative estimate of drug-likeness (QED) is 0.729. The van der Waals surface area contributed by atoms with Crippen LogP contribution in [-0.2, 0) is 0 Å². The molecule has 0 radical (unpaired) electrons. The van der Waals surface area contributed by atoms with Crippen molar-refractivity contribution in [1.29, 1.82) is 0 Å². The van der Waals surface area contributed by atoms with E-state index in [4.69, 9.17) is 5.11 Å². The molecular weight excluding hydrogens is 212 g/mol. The Morgan fingerprint density at radius 3 is 2.65 bits per heavy atom. The molecule has 0 fully saturated rings. The van der Waals surface area contributed by atoms with E-state index in [-0.39, 0.29) is 6.61 Å². The van der Waals surface area contributed by atoms with Gasteiger partial charge in [0.25, 0.3) is 0 Å². The van der Waals surface area contributed by atoms with Crippen LogP contribution in [0.5, 0.6) is 0 Å². The number of hydrogen-bond donors (Lipinski definition) is 2. The molecule has 96 valence electrons. The van der Waals surface area contributed by atoms with Gasteiger partial charge in [0, 0.05) is 24.9 Å². The van der Waals surface area contributed by atoms with Crippen molar-refractivity contribution < 1.29 is 5.11 Å². The first-order valence-electron chi connectivity index (χ1n) is 6.59. The van der Waals surface area contributed by atoms with E-state index in [9.17, 15) is 0 Å². The fourth-order valence-electron chi connectivity index (χ4n) is 2.03. The van der Waals surface area contributed by atoms with E-state index in [0.717, 1.165) is 31.4 Å². The summed E-state index contributed by atoms with van der Waals surface area (Å²) >= 11 is 0. The van der Waals surface area contributed by atoms with Gasteiger partial charge in [-0.1, -0.05) is 26.3 Å². The fraction of sp³-hybridized carbons (Fsp3) is 0.643. The maximum absolute atomic E-state index is 9.03. The first-order chi connectivity index (χ1) is 8.31. The van der Waals surface area contributed by atoms with Gasteiger partial charge >= 0.3 is 0 Å². The van der Waals surface area contributed by atoms with Gasteiger partial charge < -0.3 is 10.4 Å². The SMILES string of the molecule is CCCC(NC(CC)CCO)c1ccccn1. The number of aliphatic hydroxyl groups excluding tert-OH is 1. The molecule has 1 aromatic heterocycles. The lowest BCUT2D eigenvalue weighted by atomic mass is 10.0. The van der Waals surface area contributed by atoms with Crippen molar-refractivity contribution in [3.8, 4) is 0 Å². The maximum Gasteiger partial charge on any atom is 0.0573 e. The van der Waals surface area contributed by atoms with Gasteiger partial charge in [-0.05, 0) is 31.4 Å². The summed E-state index contributed by atoms with van der Waals surface area (Å²) in [6, 6.07) is 6.71. The Balaban J connectivity index is 2.65. The summed E-state index contributed by atoms with van der Waals surface area (Å²) in [6.07, 6.45) is 5.90. The molecule has 2 atom stereocenters. The number of nitrogens with one attached hydrogen (secondary N) is 1. The van der Waals surface area contributed by atoms with Crippen LogP contribution in [0.3, 0.4) is 0 Å². The number of aromatic nitrogens is 1. The minimum Gasteiger partial charge on any atom is -0.396 e. The zero-order valence-electron chi connectivity index (χ0n) is 10.9. The molecule has 0 amide bonds. The van der Waals surface area contributed by atoms with Crippen molar-refractivity contribution in [3.05, 3.63) is 30.1 Å². The molecule has 1 heterocycles. The highest BCUT2D eigenvalue weighted by Crippen LogP contribution is 2.18. The molecule has 0 aromatic carbocycles. The molecule has 0 bridgehead atoms. The Kier molecular flexibility index (Phi) is 6.82. The molecule has 0 aliphatic carbocycles. The van der Waals surface area contributed by atoms with Crippen LogP contribution in [0.25, 0.3) is 0 Å². The standard InChI is InChI=1S/C14H24N2O/c1-3-7-14(13-8-5-6-10-15-13)16-12(4-2)9-11-17/h5-6,8,10,12,14,16-17H,3-4,7,9,11H2,1-2H3. The van der Waals surface area contributed by atoms with Crippen molar-refractivity contribution in [2.75, 3.05) is 6.61 Å². The zero-order valence-corrected chi connectivity index (χ0v) is 10.9. The predicted octanol–water partition coefficient (Wildman–Crippen LogP) is 2.67. The molecule has 2 N–H and O–H groups in total. The average Bonchev–Trinajstić information content (AvgIpc) is 2.38. The second-order valence-electron chi connectivity index (χ2n) is 4.38. The Morgan fingerprint density at radius 1 is 1.29 bits per heavy atom. The van der Waals surface area contributed by atoms with E-state index < -0.39 is 0 Å². The van der Waals surface area contributed by atoms with Gasteiger partial charge in [0.05, 0.1) is 5.69 Å². The minimum absolute atomic E-state index is 0.243. The number of nitrogens with zero attached hydrogens (tertiary/aromatic N) is 1. The Labute approximate surface area is 104 Å². The number of pyridine rings is 1. The van der Waals surface area contributed by atoms with Crippen LogP contribution >= 0.6 is 0 Å². The van der Waals surface area contributed by atoms with Gasteiger partial charge in [-0.3, -0.25) is 4.98 Å². The van der Waals surface area contributed by atoms with Crippen LogP contribution in [0.2, 0.25) is 0 Å². The van der Waals surface area contributed by atoms with E-state index in [2.05, 4.69) is 30.2 Å². The van der Waals surface area contributed by atoms with Gasteiger partial charge in [0.2, 0.25) is 0 Å². The lowest BCUT2D eigenvalue weighted by molar-refractivity contribution is 0.253. The Bertz CT molecular complexity index is 290. The Hall–Kier alpha value is -0.930. The third kappa shape index (κ3) is 4.84. The van der Waals surface area contributed by atoms with E-state index in [1.807, 2.05) is 18.3 Å². The molecule has 0 saturated carbocycles. The molecule has 3 heteroatoms. The highest BCUT2D eigenvalue weighted by atomic mass is 16.3. The summed E-state index contributed by atoms with van der Waals surface area (Å²) in [5.74, 6) is 0. The van der Waals surface area contributed by atoms with Gasteiger partial charge in [-0.15, -0.1) is 0 Å². The third-order valence-electron chi connectivity index (χ3n) is 3.03. The molecule has 1 rings (SSSR count). The smallest absolute Gasteiger partial charge is 0.0573 e. The average molecular weight is 236 g/mol. The van der Waals surface area contributed by atoms with Gasteiger partial charge in [-0.2, -0.15) is 0 Å². The second-order valence-corrected chi connectivity index (χ2v) is 4.38. The van der Waals surface area contributed by atoms with Crippen LogP contribution in [0.15, 0.2) is 24.4 Å². The van der Waals surface area contributed by atoms with Gasteiger partial charge in [-0.25, -0.2) is 0 Å². The van der Waals surface area contributed by atoms with Crippen molar-refractivity contribution >= 4 is 0 Å². The molecule has 2 unspecified atom stereocenters. The van der Waals surface area contributed by atoms with E-state index >= 15 is 0 Å². The normalized spacial score (nSPS) is 14.5. The zero-order chi connectivity index (χ0) is 12.5. The highest BCUT2D eigenvalue weighted by Gasteiger charge is 2.15. The van der Waals surface area contributed by atoms with Crippen molar-refractivity contribution in [2.24, 2.45) is 0 Å². The molecule has 1 aromatic rings. The van der Waals surface area contributed by atoms with Gasteiger partial charge in [0.15, 0.2) is 0 Å². The number of hydrogen-bond acceptors (Lipinski definition) is 3. The van der Waals surface area contributed by atoms with E-state index in [0.29, 0.717) is 12.1 Å². The third-order valence-corrected chi connectivity index (χ3v) is 3.03. The fourth-order valence-corrected chi connectivity index (χ4v) is 2.03. The number of rotatable bonds is 8. The molecule has 0 aliphatic rings. The molecule has 3 nitrogen and oxygen atoms in total. The van der Waals surface area contributed by atoms with Crippen LogP contribution in [0.4, 0.5) is 0 Å². The molecule has 0 saturated heterocycles. The highest BCUT2D eigenvalue weighted by molar-refractivity contribution is 5.08. The van der Waals surface area contributed by atoms with Crippen molar-refractivity contribution in [2.45, 2.75) is 51.6 Å². The predicted molar refractivity (Wildman–Crippen MR) is 70.8 cm³/mol. The second kappa shape index (κ2) is 8.20. The summed E-state index contributed by atoms with van der Waals surface area (Å²) in [5, 5.41) is 12.6. The van der Waals surface area contributed by atoms with E-state index in [1.54, 1.807) is 0 Å². The lowest BCUT2D eigenvalue weighted by Gasteiger charge is -2.24. The van der Waals surface area contributed by atoms with Crippen LogP contribution < -0.4 is 5.32 Å². The minimum atomic E-state index is 0.243. The summed E-state index contributed by atoms with van der Waals surface area (Å²) in [4.78, 5) is 4.42. The van der Waals surface area contributed by atoms with Crippen molar-refractivity contribution in [3.63, 3.8) is 0 Å². The molecule has 17 heavy (non-hydrogen) atoms. The summed E-state index contributed by atoms with van der Waals surface area (Å²) < 4.78 is 0. The lowest BCUT2D eigenvalue weighted by Crippen LogP contribution is -2.33. The Morgan fingerprint density at radius 2 is 2.12 bits per heavy atom. The summed E-state index contributed by atoms with van der Waals surface area (Å²) in [7, 11) is 0. The summed E-state index contributed by atoms with van der Waals surface area (Å²) in [6.45, 7) is 4.58. The summed E-state index contributed by atoms with van der Waals surface area (Å²) in [5.41, 5.74) is 1.10.